The normalized spacial score (nSPS) is 17.2. The Bertz CT molecular complexity index is 1280. The van der Waals surface area contributed by atoms with Crippen LogP contribution < -0.4 is 9.64 Å². The molecule has 2 aliphatic heterocycles. The van der Waals surface area contributed by atoms with Crippen molar-refractivity contribution in [1.82, 2.24) is 4.90 Å². The smallest absolute Gasteiger partial charge is 0.232 e. The Hall–Kier alpha value is -3.71. The number of allylic oxidation sites excluding steroid dienone is 1. The first-order valence-corrected chi connectivity index (χ1v) is 11.2. The molecule has 3 aromatic rings. The molecule has 0 saturated carbocycles. The first-order chi connectivity index (χ1) is 16.4. The van der Waals surface area contributed by atoms with Gasteiger partial charge in [-0.25, -0.2) is 8.78 Å². The number of halogens is 2. The first-order valence-electron chi connectivity index (χ1n) is 11.2. The second-order valence-electron chi connectivity index (χ2n) is 8.60. The van der Waals surface area contributed by atoms with Crippen LogP contribution in [0.3, 0.4) is 0 Å². The number of hydrogen-bond acceptors (Lipinski definition) is 5. The Labute approximate surface area is 196 Å². The minimum Gasteiger partial charge on any atom is -0.507 e. The van der Waals surface area contributed by atoms with Crippen LogP contribution in [-0.4, -0.2) is 42.0 Å². The van der Waals surface area contributed by atoms with Gasteiger partial charge in [-0.2, -0.15) is 0 Å². The minimum atomic E-state index is -0.359. The molecule has 2 heterocycles. The number of carbonyl (C=O) groups is 1. The van der Waals surface area contributed by atoms with E-state index in [0.717, 1.165) is 0 Å². The molecule has 0 unspecified atom stereocenters. The average Bonchev–Trinajstić information content (AvgIpc) is 3.15. The Kier molecular flexibility index (Phi) is 5.79. The number of ether oxygens (including phenoxy) is 1. The zero-order valence-corrected chi connectivity index (χ0v) is 18.7. The number of carbonyl (C=O) groups excluding carboxylic acids is 1. The van der Waals surface area contributed by atoms with Gasteiger partial charge in [0.15, 0.2) is 5.76 Å². The lowest BCUT2D eigenvalue weighted by molar-refractivity contribution is 0.101. The number of rotatable bonds is 4. The molecule has 34 heavy (non-hydrogen) atoms. The number of anilines is 1. The molecule has 174 valence electrons. The Balaban J connectivity index is 1.36. The quantitative estimate of drug-likeness (QED) is 0.558. The van der Waals surface area contributed by atoms with E-state index in [9.17, 15) is 18.7 Å². The van der Waals surface area contributed by atoms with Crippen LogP contribution in [0.2, 0.25) is 0 Å². The number of benzene rings is 3. The fraction of sp³-hybridized carbons (Fsp3) is 0.222. The number of aryl methyl sites for hydroxylation is 1. The molecular formula is C27H24F2N2O3. The van der Waals surface area contributed by atoms with Gasteiger partial charge in [0.2, 0.25) is 5.78 Å². The van der Waals surface area contributed by atoms with Crippen molar-refractivity contribution in [2.24, 2.45) is 0 Å². The Morgan fingerprint density at radius 1 is 1.03 bits per heavy atom. The number of fused-ring (bicyclic) bond motifs is 1. The molecule has 1 saturated heterocycles. The average molecular weight is 462 g/mol. The maximum atomic E-state index is 14.1. The molecular weight excluding hydrogens is 438 g/mol. The molecule has 0 aromatic heterocycles. The van der Waals surface area contributed by atoms with Crippen LogP contribution >= 0.6 is 0 Å². The van der Waals surface area contributed by atoms with E-state index >= 15 is 0 Å². The fourth-order valence-electron chi connectivity index (χ4n) is 4.52. The number of nitrogens with zero attached hydrogens (tertiary/aromatic N) is 2. The van der Waals surface area contributed by atoms with Gasteiger partial charge in [0, 0.05) is 32.7 Å². The SMILES string of the molecule is Cc1cc(O)c(CN2CCN(c3ccccc3F)CC2)c2c1C(=O)/C(=C/c1ccc(F)cc1)O2. The number of hydrogen-bond donors (Lipinski definition) is 1. The molecule has 0 amide bonds. The maximum Gasteiger partial charge on any atom is 0.232 e. The van der Waals surface area contributed by atoms with Crippen molar-refractivity contribution in [3.63, 3.8) is 0 Å². The lowest BCUT2D eigenvalue weighted by atomic mass is 9.99. The van der Waals surface area contributed by atoms with Gasteiger partial charge < -0.3 is 14.7 Å². The van der Waals surface area contributed by atoms with Gasteiger partial charge >= 0.3 is 0 Å². The summed E-state index contributed by atoms with van der Waals surface area (Å²) in [4.78, 5) is 17.2. The van der Waals surface area contributed by atoms with Crippen LogP contribution in [0, 0.1) is 18.6 Å². The summed E-state index contributed by atoms with van der Waals surface area (Å²) < 4.78 is 33.3. The molecule has 3 aromatic carbocycles. The number of para-hydroxylation sites is 1. The highest BCUT2D eigenvalue weighted by Gasteiger charge is 2.34. The highest BCUT2D eigenvalue weighted by atomic mass is 19.1. The van der Waals surface area contributed by atoms with E-state index in [1.807, 2.05) is 11.0 Å². The van der Waals surface area contributed by atoms with Crippen LogP contribution in [0.15, 0.2) is 60.4 Å². The van der Waals surface area contributed by atoms with Crippen molar-refractivity contribution in [3.8, 4) is 11.5 Å². The van der Waals surface area contributed by atoms with Crippen molar-refractivity contribution in [3.05, 3.63) is 94.2 Å². The molecule has 5 nitrogen and oxygen atoms in total. The molecule has 2 aliphatic rings. The molecule has 0 bridgehead atoms. The summed E-state index contributed by atoms with van der Waals surface area (Å²) in [6.07, 6.45) is 1.58. The van der Waals surface area contributed by atoms with Gasteiger partial charge in [-0.1, -0.05) is 24.3 Å². The number of Topliss-reactive ketones (excluding diaryl/α,β-unsaturated/α-hetero) is 1. The van der Waals surface area contributed by atoms with Gasteiger partial charge in [-0.3, -0.25) is 9.69 Å². The van der Waals surface area contributed by atoms with Crippen LogP contribution in [0.4, 0.5) is 14.5 Å². The third kappa shape index (κ3) is 4.15. The number of ketones is 1. The van der Waals surface area contributed by atoms with Crippen molar-refractivity contribution in [2.45, 2.75) is 13.5 Å². The Morgan fingerprint density at radius 2 is 1.74 bits per heavy atom. The molecule has 0 radical (unpaired) electrons. The molecule has 1 fully saturated rings. The molecule has 0 spiro atoms. The third-order valence-corrected chi connectivity index (χ3v) is 6.34. The van der Waals surface area contributed by atoms with E-state index in [-0.39, 0.29) is 28.9 Å². The Morgan fingerprint density at radius 3 is 2.44 bits per heavy atom. The van der Waals surface area contributed by atoms with Crippen molar-refractivity contribution < 1.29 is 23.4 Å². The highest BCUT2D eigenvalue weighted by molar-refractivity contribution is 6.15. The molecule has 7 heteroatoms. The van der Waals surface area contributed by atoms with Crippen LogP contribution in [-0.2, 0) is 6.54 Å². The number of aromatic hydroxyl groups is 1. The third-order valence-electron chi connectivity index (χ3n) is 6.34. The van der Waals surface area contributed by atoms with Crippen LogP contribution in [0.5, 0.6) is 11.5 Å². The summed E-state index contributed by atoms with van der Waals surface area (Å²) >= 11 is 0. The van der Waals surface area contributed by atoms with E-state index in [1.54, 1.807) is 43.3 Å². The van der Waals surface area contributed by atoms with Crippen molar-refractivity contribution >= 4 is 17.5 Å². The van der Waals surface area contributed by atoms with Gasteiger partial charge in [-0.05, 0) is 54.5 Å². The van der Waals surface area contributed by atoms with Crippen molar-refractivity contribution in [1.29, 1.82) is 0 Å². The van der Waals surface area contributed by atoms with E-state index in [2.05, 4.69) is 4.90 Å². The number of phenols is 1. The maximum absolute atomic E-state index is 14.1. The predicted molar refractivity (Wildman–Crippen MR) is 126 cm³/mol. The van der Waals surface area contributed by atoms with E-state index in [0.29, 0.717) is 66.4 Å². The minimum absolute atomic E-state index is 0.0728. The highest BCUT2D eigenvalue weighted by Crippen LogP contribution is 2.42. The lowest BCUT2D eigenvalue weighted by Gasteiger charge is -2.36. The largest absolute Gasteiger partial charge is 0.507 e. The molecule has 1 N–H and O–H groups in total. The molecule has 0 atom stereocenters. The topological polar surface area (TPSA) is 53.0 Å². The lowest BCUT2D eigenvalue weighted by Crippen LogP contribution is -2.46. The summed E-state index contributed by atoms with van der Waals surface area (Å²) in [7, 11) is 0. The van der Waals surface area contributed by atoms with Gasteiger partial charge in [0.25, 0.3) is 0 Å². The van der Waals surface area contributed by atoms with E-state index in [4.69, 9.17) is 4.74 Å². The summed E-state index contributed by atoms with van der Waals surface area (Å²) in [6.45, 7) is 4.79. The van der Waals surface area contributed by atoms with Gasteiger partial charge in [0.05, 0.1) is 16.8 Å². The van der Waals surface area contributed by atoms with E-state index in [1.165, 1.54) is 18.2 Å². The summed E-state index contributed by atoms with van der Waals surface area (Å²) in [6, 6.07) is 14.1. The monoisotopic (exact) mass is 462 g/mol. The molecule has 5 rings (SSSR count). The van der Waals surface area contributed by atoms with Crippen molar-refractivity contribution in [2.75, 3.05) is 31.1 Å². The van der Waals surface area contributed by atoms with Crippen LogP contribution in [0.1, 0.15) is 27.0 Å². The zero-order valence-electron chi connectivity index (χ0n) is 18.7. The molecule has 0 aliphatic carbocycles. The zero-order chi connectivity index (χ0) is 23.8. The fourth-order valence-corrected chi connectivity index (χ4v) is 4.52. The summed E-state index contributed by atoms with van der Waals surface area (Å²) in [5.74, 6) is -0.279. The van der Waals surface area contributed by atoms with Gasteiger partial charge in [-0.15, -0.1) is 0 Å². The first kappa shape index (κ1) is 22.1. The number of piperazine rings is 1. The second kappa shape index (κ2) is 8.91. The summed E-state index contributed by atoms with van der Waals surface area (Å²) in [5.41, 5.74) is 2.85. The number of phenolic OH excluding ortho intramolecular Hbond substituents is 1. The second-order valence-corrected chi connectivity index (χ2v) is 8.60. The van der Waals surface area contributed by atoms with Gasteiger partial charge in [0.1, 0.15) is 23.1 Å². The van der Waals surface area contributed by atoms with E-state index < -0.39 is 0 Å². The standard InChI is InChI=1S/C27H24F2N2O3/c1-17-14-23(32)20(16-30-10-12-31(13-11-30)22-5-3-2-4-21(22)29)27-25(17)26(33)24(34-27)15-18-6-8-19(28)9-7-18/h2-9,14-15,32H,10-13,16H2,1H3/b24-15-. The summed E-state index contributed by atoms with van der Waals surface area (Å²) in [5, 5.41) is 10.7. The predicted octanol–water partition coefficient (Wildman–Crippen LogP) is 4.92. The van der Waals surface area contributed by atoms with Crippen LogP contribution in [0.25, 0.3) is 6.08 Å².